The number of hydrogen-bond acceptors (Lipinski definition) is 6. The highest BCUT2D eigenvalue weighted by Gasteiger charge is 2.71. The van der Waals surface area contributed by atoms with Gasteiger partial charge >= 0.3 is 10.8 Å². The second-order valence-corrected chi connectivity index (χ2v) is 10.8. The van der Waals surface area contributed by atoms with Crippen LogP contribution in [0, 0.1) is 29.6 Å². The number of rotatable bonds is 4. The summed E-state index contributed by atoms with van der Waals surface area (Å²) in [6, 6.07) is 0. The van der Waals surface area contributed by atoms with Crippen molar-refractivity contribution in [3.8, 4) is 0 Å². The van der Waals surface area contributed by atoms with Crippen LogP contribution in [0.2, 0.25) is 0 Å². The number of aliphatic carboxylic acids is 1. The summed E-state index contributed by atoms with van der Waals surface area (Å²) in [7, 11) is 0. The summed E-state index contributed by atoms with van der Waals surface area (Å²) in [6.45, 7) is 4.30. The van der Waals surface area contributed by atoms with Crippen molar-refractivity contribution >= 4 is 40.9 Å². The van der Waals surface area contributed by atoms with Gasteiger partial charge in [-0.2, -0.15) is 0 Å². The Labute approximate surface area is 169 Å². The minimum Gasteiger partial charge on any atom is -0.481 e. The SMILES string of the molecule is CC[C@@]1(C)c2sc(=O)[nH]c2S[C@H]2[C@H]3C[C@@H]([C@H]4C(=O)N(CCC(=O)O)C(=O)[C@H]34)[C@@H]21. The third-order valence-electron chi connectivity index (χ3n) is 7.60. The molecule has 0 aromatic carbocycles. The summed E-state index contributed by atoms with van der Waals surface area (Å²) in [5.74, 6) is -1.54. The van der Waals surface area contributed by atoms with Crippen LogP contribution in [0.5, 0.6) is 0 Å². The minimum absolute atomic E-state index is 0.0341. The van der Waals surface area contributed by atoms with E-state index in [9.17, 15) is 19.2 Å². The second kappa shape index (κ2) is 5.95. The van der Waals surface area contributed by atoms with Crippen LogP contribution in [0.3, 0.4) is 0 Å². The molecular weight excluding hydrogens is 400 g/mol. The number of carboxylic acid groups (broad SMARTS) is 1. The molecule has 28 heavy (non-hydrogen) atoms. The number of thioether (sulfide) groups is 1. The number of carbonyl (C=O) groups is 3. The molecule has 2 amide bonds. The zero-order valence-corrected chi connectivity index (χ0v) is 17.3. The molecule has 0 unspecified atom stereocenters. The van der Waals surface area contributed by atoms with Gasteiger partial charge in [0.05, 0.1) is 23.3 Å². The van der Waals surface area contributed by atoms with Crippen LogP contribution < -0.4 is 4.87 Å². The topological polar surface area (TPSA) is 108 Å². The Morgan fingerprint density at radius 1 is 1.25 bits per heavy atom. The van der Waals surface area contributed by atoms with Crippen molar-refractivity contribution in [1.29, 1.82) is 0 Å². The van der Waals surface area contributed by atoms with Gasteiger partial charge in [0.25, 0.3) is 0 Å². The average Bonchev–Trinajstić information content (AvgIpc) is 3.36. The highest BCUT2D eigenvalue weighted by molar-refractivity contribution is 8.00. The van der Waals surface area contributed by atoms with Crippen LogP contribution in [0.1, 0.15) is 38.0 Å². The van der Waals surface area contributed by atoms with Gasteiger partial charge in [-0.3, -0.25) is 24.1 Å². The lowest BCUT2D eigenvalue weighted by molar-refractivity contribution is -0.142. The molecule has 7 atom stereocenters. The molecule has 5 rings (SSSR count). The molecule has 150 valence electrons. The number of H-pyrrole nitrogens is 1. The number of hydrogen-bond donors (Lipinski definition) is 2. The number of nitrogens with one attached hydrogen (secondary N) is 1. The fourth-order valence-electron chi connectivity index (χ4n) is 6.38. The van der Waals surface area contributed by atoms with E-state index in [-0.39, 0.29) is 69.9 Å². The predicted octanol–water partition coefficient (Wildman–Crippen LogP) is 1.92. The van der Waals surface area contributed by atoms with Crippen molar-refractivity contribution in [2.75, 3.05) is 6.54 Å². The summed E-state index contributed by atoms with van der Waals surface area (Å²) >= 11 is 2.96. The molecule has 2 N–H and O–H groups in total. The number of likely N-dealkylation sites (tertiary alicyclic amines) is 1. The van der Waals surface area contributed by atoms with Crippen LogP contribution in [0.15, 0.2) is 9.82 Å². The largest absolute Gasteiger partial charge is 0.481 e. The van der Waals surface area contributed by atoms with E-state index in [4.69, 9.17) is 5.11 Å². The molecule has 2 bridgehead atoms. The molecule has 0 spiro atoms. The normalized spacial score (nSPS) is 40.6. The molecule has 9 heteroatoms. The maximum absolute atomic E-state index is 13.1. The lowest BCUT2D eigenvalue weighted by Crippen LogP contribution is -2.49. The van der Waals surface area contributed by atoms with Gasteiger partial charge in [-0.05, 0) is 30.6 Å². The number of imide groups is 1. The smallest absolute Gasteiger partial charge is 0.305 e. The van der Waals surface area contributed by atoms with Crippen molar-refractivity contribution in [3.63, 3.8) is 0 Å². The van der Waals surface area contributed by atoms with Gasteiger partial charge in [0.2, 0.25) is 11.8 Å². The molecule has 7 nitrogen and oxygen atoms in total. The molecule has 1 saturated heterocycles. The quantitative estimate of drug-likeness (QED) is 0.718. The number of thiazole rings is 1. The first-order chi connectivity index (χ1) is 13.3. The van der Waals surface area contributed by atoms with Gasteiger partial charge in [-0.1, -0.05) is 25.2 Å². The molecule has 2 saturated carbocycles. The highest BCUT2D eigenvalue weighted by Crippen LogP contribution is 2.69. The van der Waals surface area contributed by atoms with Crippen LogP contribution in [-0.4, -0.2) is 44.6 Å². The third kappa shape index (κ3) is 2.17. The third-order valence-corrected chi connectivity index (χ3v) is 10.4. The molecule has 3 fully saturated rings. The first-order valence-electron chi connectivity index (χ1n) is 9.75. The van der Waals surface area contributed by atoms with Gasteiger partial charge in [0, 0.05) is 22.1 Å². The van der Waals surface area contributed by atoms with E-state index < -0.39 is 5.97 Å². The molecule has 4 aliphatic rings. The van der Waals surface area contributed by atoms with Crippen molar-refractivity contribution in [1.82, 2.24) is 9.88 Å². The lowest BCUT2D eigenvalue weighted by Gasteiger charge is -2.48. The van der Waals surface area contributed by atoms with E-state index in [0.717, 1.165) is 22.7 Å². The Balaban J connectivity index is 1.53. The molecule has 2 aliphatic heterocycles. The van der Waals surface area contributed by atoms with E-state index in [1.165, 1.54) is 16.2 Å². The molecule has 1 aromatic rings. The van der Waals surface area contributed by atoms with Gasteiger partial charge < -0.3 is 10.1 Å². The number of carboxylic acids is 1. The molecule has 2 aliphatic carbocycles. The van der Waals surface area contributed by atoms with Crippen LogP contribution in [-0.2, 0) is 19.8 Å². The van der Waals surface area contributed by atoms with E-state index in [1.54, 1.807) is 11.8 Å². The Bertz CT molecular complexity index is 954. The second-order valence-electron chi connectivity index (χ2n) is 8.64. The zero-order valence-electron chi connectivity index (χ0n) is 15.6. The summed E-state index contributed by atoms with van der Waals surface area (Å²) in [5.41, 5.74) is -0.183. The van der Waals surface area contributed by atoms with E-state index in [0.29, 0.717) is 0 Å². The summed E-state index contributed by atoms with van der Waals surface area (Å²) < 4.78 is 0. The molecular formula is C19H22N2O5S2. The van der Waals surface area contributed by atoms with Gasteiger partial charge in [0.15, 0.2) is 0 Å². The summed E-state index contributed by atoms with van der Waals surface area (Å²) in [6.07, 6.45) is 1.54. The monoisotopic (exact) mass is 422 g/mol. The van der Waals surface area contributed by atoms with Crippen molar-refractivity contribution in [2.24, 2.45) is 29.6 Å². The first-order valence-corrected chi connectivity index (χ1v) is 11.4. The van der Waals surface area contributed by atoms with Gasteiger partial charge in [-0.15, -0.1) is 11.8 Å². The van der Waals surface area contributed by atoms with Crippen LogP contribution in [0.25, 0.3) is 0 Å². The van der Waals surface area contributed by atoms with E-state index in [1.807, 2.05) is 0 Å². The number of carbonyl (C=O) groups excluding carboxylic acids is 2. The number of amides is 2. The molecule has 3 heterocycles. The number of aromatic nitrogens is 1. The van der Waals surface area contributed by atoms with Crippen LogP contribution in [0.4, 0.5) is 0 Å². The standard InChI is InChI=1S/C19H22N2O5S2/c1-3-19(2)12-7-6-8(13(12)27-15-14(19)28-18(26)20-15)11-10(7)16(24)21(17(11)25)5-4-9(22)23/h7-8,10-13H,3-6H2,1-2H3,(H,20,26)(H,22,23)/t7-,8-,10+,11+,12-,13-,19+/m0/s1. The Kier molecular flexibility index (Phi) is 3.91. The average molecular weight is 423 g/mol. The van der Waals surface area contributed by atoms with Gasteiger partial charge in [0.1, 0.15) is 0 Å². The fraction of sp³-hybridized carbons (Fsp3) is 0.684. The predicted molar refractivity (Wildman–Crippen MR) is 103 cm³/mol. The van der Waals surface area contributed by atoms with Crippen LogP contribution >= 0.6 is 23.1 Å². The van der Waals surface area contributed by atoms with Crippen molar-refractivity contribution in [3.05, 3.63) is 14.5 Å². The fourth-order valence-corrected chi connectivity index (χ4v) is 9.58. The van der Waals surface area contributed by atoms with E-state index >= 15 is 0 Å². The Morgan fingerprint density at radius 2 is 1.93 bits per heavy atom. The molecule has 1 aromatic heterocycles. The molecule has 0 radical (unpaired) electrons. The minimum atomic E-state index is -1.00. The number of aromatic amines is 1. The number of nitrogens with zero attached hydrogens (tertiary/aromatic N) is 1. The summed E-state index contributed by atoms with van der Waals surface area (Å²) in [5, 5.41) is 10.1. The van der Waals surface area contributed by atoms with Gasteiger partial charge in [-0.25, -0.2) is 0 Å². The Hall–Kier alpha value is -1.61. The zero-order chi connectivity index (χ0) is 20.0. The summed E-state index contributed by atoms with van der Waals surface area (Å²) in [4.78, 5) is 54.2. The van der Waals surface area contributed by atoms with Crippen molar-refractivity contribution in [2.45, 2.75) is 48.8 Å². The number of fused-ring (bicyclic) bond motifs is 9. The maximum Gasteiger partial charge on any atom is 0.305 e. The van der Waals surface area contributed by atoms with Crippen molar-refractivity contribution < 1.29 is 19.5 Å². The first kappa shape index (κ1) is 18.4. The highest BCUT2D eigenvalue weighted by atomic mass is 32.2. The van der Waals surface area contributed by atoms with E-state index in [2.05, 4.69) is 18.8 Å². The lowest BCUT2D eigenvalue weighted by atomic mass is 9.62. The maximum atomic E-state index is 13.1. The Morgan fingerprint density at radius 3 is 2.57 bits per heavy atom.